The van der Waals surface area contributed by atoms with Gasteiger partial charge in [-0.2, -0.15) is 0 Å². The van der Waals surface area contributed by atoms with E-state index in [-0.39, 0.29) is 4.87 Å². The smallest absolute Gasteiger partial charge is 0.305 e. The van der Waals surface area contributed by atoms with Gasteiger partial charge in [0.1, 0.15) is 0 Å². The number of H-pyrrole nitrogens is 1. The van der Waals surface area contributed by atoms with Gasteiger partial charge in [0.2, 0.25) is 0 Å². The maximum absolute atomic E-state index is 11.5. The zero-order chi connectivity index (χ0) is 12.2. The Bertz CT molecular complexity index is 593. The van der Waals surface area contributed by atoms with Gasteiger partial charge in [-0.05, 0) is 32.3 Å². The lowest BCUT2D eigenvalue weighted by atomic mass is 9.66. The highest BCUT2D eigenvalue weighted by Gasteiger charge is 2.45. The summed E-state index contributed by atoms with van der Waals surface area (Å²) in [6, 6.07) is 0. The first kappa shape index (κ1) is 11.0. The number of aromatic amines is 1. The minimum Gasteiger partial charge on any atom is -0.317 e. The molecule has 4 heteroatoms. The Labute approximate surface area is 104 Å². The van der Waals surface area contributed by atoms with Gasteiger partial charge in [0.25, 0.3) is 0 Å². The molecule has 0 fully saturated rings. The zero-order valence-electron chi connectivity index (χ0n) is 10.0. The summed E-state index contributed by atoms with van der Waals surface area (Å²) in [6.45, 7) is 4.17. The molecule has 3 N–H and O–H groups in total. The molecule has 2 atom stereocenters. The van der Waals surface area contributed by atoms with Gasteiger partial charge in [-0.3, -0.25) is 4.79 Å². The molecule has 3 nitrogen and oxygen atoms in total. The predicted molar refractivity (Wildman–Crippen MR) is 70.1 cm³/mol. The predicted octanol–water partition coefficient (Wildman–Crippen LogP) is 2.06. The molecular formula is C13H16N2OS. The van der Waals surface area contributed by atoms with E-state index in [2.05, 4.69) is 24.1 Å². The van der Waals surface area contributed by atoms with Crippen molar-refractivity contribution in [3.8, 4) is 0 Å². The first-order valence-electron chi connectivity index (χ1n) is 5.90. The first-order chi connectivity index (χ1) is 8.04. The summed E-state index contributed by atoms with van der Waals surface area (Å²) in [4.78, 5) is 15.5. The highest BCUT2D eigenvalue weighted by molar-refractivity contribution is 7.09. The van der Waals surface area contributed by atoms with Crippen LogP contribution in [0.25, 0.3) is 0 Å². The third-order valence-electron chi connectivity index (χ3n) is 3.82. The van der Waals surface area contributed by atoms with E-state index in [9.17, 15) is 4.79 Å². The SMILES string of the molecule is CC=C1[C@H]2C=C(C)C[C@]1(N)c1sc(=O)[nH]c1C2. The molecule has 0 spiro atoms. The molecule has 1 aromatic rings. The Hall–Kier alpha value is -1.13. The lowest BCUT2D eigenvalue weighted by Gasteiger charge is -2.43. The van der Waals surface area contributed by atoms with Crippen LogP contribution in [0.1, 0.15) is 30.8 Å². The topological polar surface area (TPSA) is 58.9 Å². The number of aromatic nitrogens is 1. The molecule has 0 radical (unpaired) electrons. The van der Waals surface area contributed by atoms with Crippen molar-refractivity contribution in [3.63, 3.8) is 0 Å². The average molecular weight is 248 g/mol. The fourth-order valence-electron chi connectivity index (χ4n) is 3.30. The number of nitrogens with two attached hydrogens (primary N) is 1. The number of fused-ring (bicyclic) bond motifs is 4. The van der Waals surface area contributed by atoms with Gasteiger partial charge < -0.3 is 10.7 Å². The maximum atomic E-state index is 11.5. The van der Waals surface area contributed by atoms with Gasteiger partial charge >= 0.3 is 4.87 Å². The molecule has 2 aliphatic rings. The van der Waals surface area contributed by atoms with E-state index in [4.69, 9.17) is 5.73 Å². The maximum Gasteiger partial charge on any atom is 0.305 e. The highest BCUT2D eigenvalue weighted by atomic mass is 32.1. The van der Waals surface area contributed by atoms with Crippen molar-refractivity contribution in [2.24, 2.45) is 11.7 Å². The van der Waals surface area contributed by atoms with Gasteiger partial charge in [-0.15, -0.1) is 0 Å². The molecule has 2 bridgehead atoms. The summed E-state index contributed by atoms with van der Waals surface area (Å²) < 4.78 is 0. The van der Waals surface area contributed by atoms with E-state index >= 15 is 0 Å². The number of hydrogen-bond donors (Lipinski definition) is 2. The van der Waals surface area contributed by atoms with E-state index in [0.717, 1.165) is 23.4 Å². The fourth-order valence-corrected chi connectivity index (χ4v) is 4.29. The van der Waals surface area contributed by atoms with E-state index < -0.39 is 5.54 Å². The van der Waals surface area contributed by atoms with Crippen molar-refractivity contribution in [1.29, 1.82) is 0 Å². The highest BCUT2D eigenvalue weighted by Crippen LogP contribution is 2.48. The lowest BCUT2D eigenvalue weighted by Crippen LogP contribution is -2.46. The van der Waals surface area contributed by atoms with Gasteiger partial charge in [-0.1, -0.05) is 29.1 Å². The summed E-state index contributed by atoms with van der Waals surface area (Å²) in [6.07, 6.45) is 6.12. The number of hydrogen-bond acceptors (Lipinski definition) is 3. The van der Waals surface area contributed by atoms with E-state index in [0.29, 0.717) is 5.92 Å². The van der Waals surface area contributed by atoms with Crippen molar-refractivity contribution in [2.45, 2.75) is 32.2 Å². The van der Waals surface area contributed by atoms with Crippen LogP contribution in [0.3, 0.4) is 0 Å². The van der Waals surface area contributed by atoms with Crippen LogP contribution in [0.5, 0.6) is 0 Å². The molecule has 90 valence electrons. The van der Waals surface area contributed by atoms with Gasteiger partial charge in [0.15, 0.2) is 0 Å². The van der Waals surface area contributed by atoms with Crippen molar-refractivity contribution < 1.29 is 0 Å². The standard InChI is InChI=1S/C13H16N2OS/c1-3-9-8-4-7(2)6-13(9,14)11-10(5-8)15-12(16)17-11/h3-4,8H,5-6,14H2,1-2H3,(H,15,16)/t8-,13+/m0/s1. The molecule has 1 aromatic heterocycles. The van der Waals surface area contributed by atoms with Crippen LogP contribution < -0.4 is 10.6 Å². The van der Waals surface area contributed by atoms with Crippen LogP contribution in [0, 0.1) is 5.92 Å². The molecule has 3 rings (SSSR count). The molecule has 0 amide bonds. The second kappa shape index (κ2) is 3.43. The van der Waals surface area contributed by atoms with Crippen molar-refractivity contribution >= 4 is 11.3 Å². The largest absolute Gasteiger partial charge is 0.317 e. The third-order valence-corrected chi connectivity index (χ3v) is 4.92. The van der Waals surface area contributed by atoms with Crippen LogP contribution in [-0.4, -0.2) is 4.98 Å². The first-order valence-corrected chi connectivity index (χ1v) is 6.71. The minimum atomic E-state index is -0.449. The second-order valence-corrected chi connectivity index (χ2v) is 6.02. The summed E-state index contributed by atoms with van der Waals surface area (Å²) in [7, 11) is 0. The van der Waals surface area contributed by atoms with Crippen LogP contribution in [0.2, 0.25) is 0 Å². The normalized spacial score (nSPS) is 33.5. The van der Waals surface area contributed by atoms with Crippen molar-refractivity contribution in [1.82, 2.24) is 4.98 Å². The molecule has 2 aliphatic carbocycles. The van der Waals surface area contributed by atoms with Crippen LogP contribution in [0.15, 0.2) is 28.1 Å². The fraction of sp³-hybridized carbons (Fsp3) is 0.462. The van der Waals surface area contributed by atoms with Gasteiger partial charge in [-0.25, -0.2) is 0 Å². The van der Waals surface area contributed by atoms with Crippen molar-refractivity contribution in [2.75, 3.05) is 0 Å². The Morgan fingerprint density at radius 3 is 3.12 bits per heavy atom. The number of thiazole rings is 1. The molecule has 0 saturated heterocycles. The van der Waals surface area contributed by atoms with E-state index in [1.807, 2.05) is 6.92 Å². The lowest BCUT2D eigenvalue weighted by molar-refractivity contribution is 0.420. The summed E-state index contributed by atoms with van der Waals surface area (Å²) in [5.74, 6) is 0.358. The Balaban J connectivity index is 2.28. The zero-order valence-corrected chi connectivity index (χ0v) is 10.9. The van der Waals surface area contributed by atoms with Crippen LogP contribution >= 0.6 is 11.3 Å². The number of rotatable bonds is 0. The molecule has 0 aliphatic heterocycles. The summed E-state index contributed by atoms with van der Waals surface area (Å²) >= 11 is 1.27. The minimum absolute atomic E-state index is 0.0143. The molecule has 0 saturated carbocycles. The van der Waals surface area contributed by atoms with Crippen LogP contribution in [-0.2, 0) is 12.0 Å². The monoisotopic (exact) mass is 248 g/mol. The third kappa shape index (κ3) is 1.40. The summed E-state index contributed by atoms with van der Waals surface area (Å²) in [5.41, 5.74) is 9.80. The number of allylic oxidation sites excluding steroid dienone is 2. The quantitative estimate of drug-likeness (QED) is 0.690. The van der Waals surface area contributed by atoms with E-state index in [1.54, 1.807) is 0 Å². The number of nitrogens with one attached hydrogen (secondary N) is 1. The van der Waals surface area contributed by atoms with Gasteiger partial charge in [0, 0.05) is 11.6 Å². The molecule has 0 aromatic carbocycles. The van der Waals surface area contributed by atoms with Gasteiger partial charge in [0.05, 0.1) is 10.4 Å². The Morgan fingerprint density at radius 2 is 2.41 bits per heavy atom. The summed E-state index contributed by atoms with van der Waals surface area (Å²) in [5, 5.41) is 0. The molecule has 1 heterocycles. The van der Waals surface area contributed by atoms with Crippen molar-refractivity contribution in [3.05, 3.63) is 43.5 Å². The molecule has 0 unspecified atom stereocenters. The molecular weight excluding hydrogens is 232 g/mol. The Morgan fingerprint density at radius 1 is 1.65 bits per heavy atom. The second-order valence-electron chi connectivity index (χ2n) is 5.04. The van der Waals surface area contributed by atoms with E-state index in [1.165, 1.54) is 22.5 Å². The molecule has 17 heavy (non-hydrogen) atoms. The average Bonchev–Trinajstić information content (AvgIpc) is 2.58. The Kier molecular flexibility index (Phi) is 2.22. The van der Waals surface area contributed by atoms with Crippen LogP contribution in [0.4, 0.5) is 0 Å².